The van der Waals surface area contributed by atoms with Gasteiger partial charge in [-0.1, -0.05) is 18.2 Å². The van der Waals surface area contributed by atoms with E-state index < -0.39 is 0 Å². The van der Waals surface area contributed by atoms with Crippen LogP contribution in [0, 0.1) is 11.3 Å². The Balaban J connectivity index is 1.38. The molecule has 0 aliphatic heterocycles. The lowest BCUT2D eigenvalue weighted by Crippen LogP contribution is -2.32. The molecule has 0 spiro atoms. The number of aromatic nitrogens is 2. The molecule has 2 N–H and O–H groups in total. The summed E-state index contributed by atoms with van der Waals surface area (Å²) in [5.74, 6) is 0.771. The van der Waals surface area contributed by atoms with E-state index in [-0.39, 0.29) is 37.6 Å². The molecule has 0 fully saturated rings. The van der Waals surface area contributed by atoms with Crippen LogP contribution in [0.15, 0.2) is 71.3 Å². The molecule has 2 amide bonds. The molecule has 0 atom stereocenters. The van der Waals surface area contributed by atoms with E-state index in [0.29, 0.717) is 23.0 Å². The van der Waals surface area contributed by atoms with E-state index in [1.54, 1.807) is 35.4 Å². The molecule has 0 unspecified atom stereocenters. The lowest BCUT2D eigenvalue weighted by molar-refractivity contribution is -0.122. The Labute approximate surface area is 184 Å². The standard InChI is InChI=1S/C24H21N5O3/c25-13-5-14-29(18-6-2-1-3-7-18)23(31)12-11-22(30)26-17-9-10-19-20(16-17)28-24(27-19)21-8-4-15-32-21/h1-4,6-10,15-16H,5,11-12,14H2,(H,26,30)(H,27,28). The number of benzene rings is 2. The van der Waals surface area contributed by atoms with Crippen LogP contribution < -0.4 is 10.2 Å². The highest BCUT2D eigenvalue weighted by Gasteiger charge is 2.17. The third-order valence-corrected chi connectivity index (χ3v) is 4.90. The summed E-state index contributed by atoms with van der Waals surface area (Å²) in [4.78, 5) is 34.3. The van der Waals surface area contributed by atoms with Crippen LogP contribution in [0.3, 0.4) is 0 Å². The lowest BCUT2D eigenvalue weighted by atomic mass is 10.2. The van der Waals surface area contributed by atoms with Crippen molar-refractivity contribution in [3.8, 4) is 17.7 Å². The SMILES string of the molecule is N#CCCN(C(=O)CCC(=O)Nc1ccc2nc(-c3ccco3)[nH]c2c1)c1ccccc1. The van der Waals surface area contributed by atoms with E-state index in [0.717, 1.165) is 11.0 Å². The first-order chi connectivity index (χ1) is 15.6. The minimum absolute atomic E-state index is 0.0351. The van der Waals surface area contributed by atoms with Gasteiger partial charge in [-0.05, 0) is 42.5 Å². The molecule has 0 saturated carbocycles. The van der Waals surface area contributed by atoms with E-state index in [4.69, 9.17) is 9.68 Å². The van der Waals surface area contributed by atoms with Crippen LogP contribution in [-0.2, 0) is 9.59 Å². The Morgan fingerprint density at radius 1 is 1.09 bits per heavy atom. The maximum absolute atomic E-state index is 12.7. The zero-order valence-electron chi connectivity index (χ0n) is 17.2. The highest BCUT2D eigenvalue weighted by Crippen LogP contribution is 2.23. The molecular formula is C24H21N5O3. The molecule has 8 heteroatoms. The Bertz CT molecular complexity index is 1260. The normalized spacial score (nSPS) is 10.6. The number of hydrogen-bond donors (Lipinski definition) is 2. The van der Waals surface area contributed by atoms with Crippen molar-refractivity contribution in [2.75, 3.05) is 16.8 Å². The molecule has 0 aliphatic rings. The highest BCUT2D eigenvalue weighted by atomic mass is 16.3. The highest BCUT2D eigenvalue weighted by molar-refractivity contribution is 5.98. The summed E-state index contributed by atoms with van der Waals surface area (Å²) in [6, 6.07) is 20.2. The summed E-state index contributed by atoms with van der Waals surface area (Å²) < 4.78 is 5.36. The van der Waals surface area contributed by atoms with Crippen molar-refractivity contribution in [3.63, 3.8) is 0 Å². The maximum Gasteiger partial charge on any atom is 0.227 e. The number of carbonyl (C=O) groups excluding carboxylic acids is 2. The predicted molar refractivity (Wildman–Crippen MR) is 121 cm³/mol. The number of nitrogens with zero attached hydrogens (tertiary/aromatic N) is 3. The quantitative estimate of drug-likeness (QED) is 0.430. The van der Waals surface area contributed by atoms with Crippen LogP contribution in [0.4, 0.5) is 11.4 Å². The molecule has 0 bridgehead atoms. The summed E-state index contributed by atoms with van der Waals surface area (Å²) >= 11 is 0. The van der Waals surface area contributed by atoms with Crippen LogP contribution in [0.25, 0.3) is 22.6 Å². The number of anilines is 2. The first-order valence-corrected chi connectivity index (χ1v) is 10.2. The van der Waals surface area contributed by atoms with Crippen molar-refractivity contribution in [2.45, 2.75) is 19.3 Å². The van der Waals surface area contributed by atoms with Gasteiger partial charge in [-0.15, -0.1) is 0 Å². The molecule has 2 aromatic carbocycles. The zero-order chi connectivity index (χ0) is 22.3. The van der Waals surface area contributed by atoms with Gasteiger partial charge in [0.1, 0.15) is 0 Å². The van der Waals surface area contributed by atoms with Gasteiger partial charge in [0, 0.05) is 30.8 Å². The second-order valence-corrected chi connectivity index (χ2v) is 7.13. The van der Waals surface area contributed by atoms with Gasteiger partial charge in [0.25, 0.3) is 0 Å². The Kier molecular flexibility index (Phi) is 6.28. The van der Waals surface area contributed by atoms with Crippen molar-refractivity contribution in [3.05, 3.63) is 66.9 Å². The van der Waals surface area contributed by atoms with Crippen LogP contribution in [0.2, 0.25) is 0 Å². The van der Waals surface area contributed by atoms with Gasteiger partial charge >= 0.3 is 0 Å². The summed E-state index contributed by atoms with van der Waals surface area (Å²) in [5.41, 5.74) is 2.83. The topological polar surface area (TPSA) is 115 Å². The van der Waals surface area contributed by atoms with Crippen molar-refractivity contribution in [1.29, 1.82) is 5.26 Å². The van der Waals surface area contributed by atoms with Crippen LogP contribution in [-0.4, -0.2) is 28.3 Å². The second kappa shape index (κ2) is 9.62. The molecule has 160 valence electrons. The number of carbonyl (C=O) groups is 2. The first kappa shape index (κ1) is 20.9. The largest absolute Gasteiger partial charge is 0.461 e. The number of hydrogen-bond acceptors (Lipinski definition) is 5. The lowest BCUT2D eigenvalue weighted by Gasteiger charge is -2.21. The van der Waals surface area contributed by atoms with E-state index in [2.05, 4.69) is 21.4 Å². The van der Waals surface area contributed by atoms with Crippen molar-refractivity contribution < 1.29 is 14.0 Å². The van der Waals surface area contributed by atoms with Crippen molar-refractivity contribution >= 4 is 34.2 Å². The average Bonchev–Trinajstić information content (AvgIpc) is 3.48. The second-order valence-electron chi connectivity index (χ2n) is 7.13. The minimum atomic E-state index is -0.267. The van der Waals surface area contributed by atoms with Crippen molar-refractivity contribution in [2.24, 2.45) is 0 Å². The summed E-state index contributed by atoms with van der Waals surface area (Å²) in [5, 5.41) is 11.7. The zero-order valence-corrected chi connectivity index (χ0v) is 17.2. The summed E-state index contributed by atoms with van der Waals surface area (Å²) in [6.07, 6.45) is 1.88. The van der Waals surface area contributed by atoms with Gasteiger partial charge in [-0.25, -0.2) is 4.98 Å². The Morgan fingerprint density at radius 3 is 2.69 bits per heavy atom. The molecular weight excluding hydrogens is 406 g/mol. The number of nitrogens with one attached hydrogen (secondary N) is 2. The minimum Gasteiger partial charge on any atom is -0.461 e. The van der Waals surface area contributed by atoms with Crippen molar-refractivity contribution in [1.82, 2.24) is 9.97 Å². The van der Waals surface area contributed by atoms with Crippen LogP contribution in [0.5, 0.6) is 0 Å². The van der Waals surface area contributed by atoms with Gasteiger partial charge in [-0.2, -0.15) is 5.26 Å². The molecule has 4 rings (SSSR count). The summed E-state index contributed by atoms with van der Waals surface area (Å²) in [6.45, 7) is 0.287. The molecule has 0 saturated heterocycles. The summed E-state index contributed by atoms with van der Waals surface area (Å²) in [7, 11) is 0. The average molecular weight is 427 g/mol. The van der Waals surface area contributed by atoms with Gasteiger partial charge in [0.15, 0.2) is 11.6 Å². The van der Waals surface area contributed by atoms with Gasteiger partial charge in [0.2, 0.25) is 11.8 Å². The molecule has 4 aromatic rings. The molecule has 8 nitrogen and oxygen atoms in total. The fourth-order valence-electron chi connectivity index (χ4n) is 3.36. The Hall–Kier alpha value is -4.38. The van der Waals surface area contributed by atoms with E-state index in [9.17, 15) is 9.59 Å². The number of para-hydroxylation sites is 1. The number of H-pyrrole nitrogens is 1. The molecule has 0 radical (unpaired) electrons. The molecule has 2 heterocycles. The van der Waals surface area contributed by atoms with E-state index in [1.807, 2.05) is 36.4 Å². The number of nitriles is 1. The number of furan rings is 1. The number of fused-ring (bicyclic) bond motifs is 1. The number of aromatic amines is 1. The van der Waals surface area contributed by atoms with E-state index >= 15 is 0 Å². The number of rotatable bonds is 8. The third-order valence-electron chi connectivity index (χ3n) is 4.90. The predicted octanol–water partition coefficient (Wildman–Crippen LogP) is 4.49. The smallest absolute Gasteiger partial charge is 0.227 e. The molecule has 32 heavy (non-hydrogen) atoms. The first-order valence-electron chi connectivity index (χ1n) is 10.2. The van der Waals surface area contributed by atoms with Gasteiger partial charge in [0.05, 0.1) is 29.8 Å². The molecule has 2 aromatic heterocycles. The number of imidazole rings is 1. The monoisotopic (exact) mass is 427 g/mol. The maximum atomic E-state index is 12.7. The fraction of sp³-hybridized carbons (Fsp3) is 0.167. The van der Waals surface area contributed by atoms with Gasteiger partial charge in [-0.3, -0.25) is 9.59 Å². The van der Waals surface area contributed by atoms with Crippen LogP contribution in [0.1, 0.15) is 19.3 Å². The van der Waals surface area contributed by atoms with E-state index in [1.165, 1.54) is 0 Å². The van der Waals surface area contributed by atoms with Crippen LogP contribution >= 0.6 is 0 Å². The number of amides is 2. The van der Waals surface area contributed by atoms with Gasteiger partial charge < -0.3 is 19.6 Å². The Morgan fingerprint density at radius 2 is 1.94 bits per heavy atom. The third kappa shape index (κ3) is 4.84. The fourth-order valence-corrected chi connectivity index (χ4v) is 3.36. The molecule has 0 aliphatic carbocycles.